The second-order valence-corrected chi connectivity index (χ2v) is 6.26. The lowest BCUT2D eigenvalue weighted by atomic mass is 9.99. The molecule has 0 saturated heterocycles. The first kappa shape index (κ1) is 20.9. The number of allylic oxidation sites excluding steroid dienone is 1. The minimum absolute atomic E-state index is 0.208. The number of unbranched alkanes of at least 4 members (excludes halogenated alkanes) is 5. The zero-order valence-corrected chi connectivity index (χ0v) is 15.7. The molecule has 0 aromatic rings. The molecule has 1 aliphatic rings. The van der Waals surface area contributed by atoms with Gasteiger partial charge in [0.15, 0.2) is 0 Å². The molecule has 5 nitrogen and oxygen atoms in total. The monoisotopic (exact) mass is 338 g/mol. The Kier molecular flexibility index (Phi) is 10.6. The lowest BCUT2D eigenvalue weighted by molar-refractivity contribution is -0.377. The van der Waals surface area contributed by atoms with E-state index in [1.165, 1.54) is 44.1 Å². The molecule has 24 heavy (non-hydrogen) atoms. The molecule has 0 saturated carbocycles. The van der Waals surface area contributed by atoms with Crippen LogP contribution in [0.2, 0.25) is 0 Å². The molecule has 0 aromatic carbocycles. The minimum Gasteiger partial charge on any atom is -0.366 e. The standard InChI is InChI=1S/C19H34N2O3/c1-17(19(22-2,23-3)24-4)11-9-7-5-6-8-10-12-18-15-20-13-14-21-16-18/h13-17,20H,5-12H2,1-4H3. The molecule has 0 bridgehead atoms. The van der Waals surface area contributed by atoms with Crippen molar-refractivity contribution in [2.75, 3.05) is 21.3 Å². The summed E-state index contributed by atoms with van der Waals surface area (Å²) in [5.74, 6) is -0.697. The SMILES string of the molecule is COC(OC)(OC)C(C)CCCCCCCCC1=CNC=CN=C1. The molecule has 0 amide bonds. The quantitative estimate of drug-likeness (QED) is 0.400. The van der Waals surface area contributed by atoms with Crippen molar-refractivity contribution in [1.82, 2.24) is 5.32 Å². The second kappa shape index (κ2) is 12.2. The Morgan fingerprint density at radius 1 is 1.00 bits per heavy atom. The summed E-state index contributed by atoms with van der Waals surface area (Å²) >= 11 is 0. The highest BCUT2D eigenvalue weighted by Gasteiger charge is 2.36. The van der Waals surface area contributed by atoms with Gasteiger partial charge in [-0.05, 0) is 24.8 Å². The topological polar surface area (TPSA) is 52.1 Å². The first-order chi connectivity index (χ1) is 11.7. The van der Waals surface area contributed by atoms with E-state index in [1.54, 1.807) is 27.5 Å². The fraction of sp³-hybridized carbons (Fsp3) is 0.737. The van der Waals surface area contributed by atoms with Crippen molar-refractivity contribution < 1.29 is 14.2 Å². The summed E-state index contributed by atoms with van der Waals surface area (Å²) in [6, 6.07) is 0. The molecule has 0 aliphatic carbocycles. The Hall–Kier alpha value is -1.17. The van der Waals surface area contributed by atoms with Crippen molar-refractivity contribution in [3.8, 4) is 0 Å². The fourth-order valence-corrected chi connectivity index (χ4v) is 3.07. The maximum absolute atomic E-state index is 5.40. The van der Waals surface area contributed by atoms with E-state index in [0.29, 0.717) is 0 Å². The van der Waals surface area contributed by atoms with Crippen molar-refractivity contribution in [3.63, 3.8) is 0 Å². The van der Waals surface area contributed by atoms with Gasteiger partial charge in [0.05, 0.1) is 0 Å². The molecule has 1 atom stereocenters. The van der Waals surface area contributed by atoms with Crippen LogP contribution in [0.3, 0.4) is 0 Å². The number of hydrogen-bond acceptors (Lipinski definition) is 5. The van der Waals surface area contributed by atoms with Gasteiger partial charge in [-0.25, -0.2) is 0 Å². The van der Waals surface area contributed by atoms with Crippen LogP contribution in [-0.2, 0) is 14.2 Å². The third kappa shape index (κ3) is 7.16. The molecule has 138 valence electrons. The summed E-state index contributed by atoms with van der Waals surface area (Å²) in [6.07, 6.45) is 17.2. The Balaban J connectivity index is 2.05. The van der Waals surface area contributed by atoms with E-state index in [1.807, 2.05) is 18.6 Å². The zero-order valence-electron chi connectivity index (χ0n) is 15.7. The maximum atomic E-state index is 5.40. The molecule has 1 aliphatic heterocycles. The molecule has 0 fully saturated rings. The molecular weight excluding hydrogens is 304 g/mol. The Labute approximate surface area is 147 Å². The summed E-state index contributed by atoms with van der Waals surface area (Å²) in [4.78, 5) is 4.18. The van der Waals surface area contributed by atoms with Crippen LogP contribution >= 0.6 is 0 Å². The predicted octanol–water partition coefficient (Wildman–Crippen LogP) is 4.37. The number of nitrogens with one attached hydrogen (secondary N) is 1. The van der Waals surface area contributed by atoms with Crippen LogP contribution in [-0.4, -0.2) is 33.5 Å². The maximum Gasteiger partial charge on any atom is 0.284 e. The van der Waals surface area contributed by atoms with Crippen molar-refractivity contribution in [3.05, 3.63) is 24.2 Å². The van der Waals surface area contributed by atoms with E-state index in [0.717, 1.165) is 12.8 Å². The predicted molar refractivity (Wildman–Crippen MR) is 98.7 cm³/mol. The molecule has 1 rings (SSSR count). The number of nitrogens with zero attached hydrogens (tertiary/aromatic N) is 1. The van der Waals surface area contributed by atoms with Gasteiger partial charge in [-0.3, -0.25) is 4.99 Å². The van der Waals surface area contributed by atoms with Crippen LogP contribution in [0.1, 0.15) is 58.3 Å². The van der Waals surface area contributed by atoms with Crippen molar-refractivity contribution >= 4 is 6.21 Å². The van der Waals surface area contributed by atoms with Crippen molar-refractivity contribution in [2.45, 2.75) is 64.3 Å². The first-order valence-electron chi connectivity index (χ1n) is 8.97. The van der Waals surface area contributed by atoms with E-state index in [-0.39, 0.29) is 5.92 Å². The fourth-order valence-electron chi connectivity index (χ4n) is 3.07. The van der Waals surface area contributed by atoms with E-state index in [4.69, 9.17) is 14.2 Å². The van der Waals surface area contributed by atoms with Crippen LogP contribution in [0, 0.1) is 5.92 Å². The Morgan fingerprint density at radius 3 is 2.29 bits per heavy atom. The highest BCUT2D eigenvalue weighted by Crippen LogP contribution is 2.28. The van der Waals surface area contributed by atoms with Gasteiger partial charge in [0.1, 0.15) is 0 Å². The van der Waals surface area contributed by atoms with Gasteiger partial charge in [0.2, 0.25) is 0 Å². The van der Waals surface area contributed by atoms with Gasteiger partial charge in [-0.2, -0.15) is 0 Å². The smallest absolute Gasteiger partial charge is 0.284 e. The highest BCUT2D eigenvalue weighted by molar-refractivity contribution is 5.79. The Bertz CT molecular complexity index is 407. The van der Waals surface area contributed by atoms with Crippen LogP contribution < -0.4 is 5.32 Å². The third-order valence-electron chi connectivity index (χ3n) is 4.58. The highest BCUT2D eigenvalue weighted by atomic mass is 16.9. The van der Waals surface area contributed by atoms with Crippen molar-refractivity contribution in [1.29, 1.82) is 0 Å². The average Bonchev–Trinajstić information content (AvgIpc) is 2.88. The van der Waals surface area contributed by atoms with Crippen LogP contribution in [0.4, 0.5) is 0 Å². The molecule has 1 heterocycles. The van der Waals surface area contributed by atoms with Gasteiger partial charge >= 0.3 is 0 Å². The van der Waals surface area contributed by atoms with E-state index >= 15 is 0 Å². The van der Waals surface area contributed by atoms with E-state index < -0.39 is 5.97 Å². The number of aliphatic imine (C=N–C) groups is 1. The lowest BCUT2D eigenvalue weighted by Crippen LogP contribution is -2.42. The van der Waals surface area contributed by atoms with Crippen LogP contribution in [0.15, 0.2) is 29.2 Å². The minimum atomic E-state index is -0.906. The number of hydrogen-bond donors (Lipinski definition) is 1. The van der Waals surface area contributed by atoms with Crippen LogP contribution in [0.25, 0.3) is 0 Å². The van der Waals surface area contributed by atoms with Gasteiger partial charge in [0.25, 0.3) is 5.97 Å². The lowest BCUT2D eigenvalue weighted by Gasteiger charge is -2.34. The summed E-state index contributed by atoms with van der Waals surface area (Å²) in [5.41, 5.74) is 1.27. The second-order valence-electron chi connectivity index (χ2n) is 6.26. The summed E-state index contributed by atoms with van der Waals surface area (Å²) in [7, 11) is 4.89. The van der Waals surface area contributed by atoms with E-state index in [2.05, 4.69) is 17.2 Å². The molecule has 0 spiro atoms. The normalized spacial score (nSPS) is 15.8. The largest absolute Gasteiger partial charge is 0.366 e. The van der Waals surface area contributed by atoms with Crippen molar-refractivity contribution in [2.24, 2.45) is 10.9 Å². The number of ether oxygens (including phenoxy) is 3. The molecule has 0 radical (unpaired) electrons. The molecule has 5 heteroatoms. The number of rotatable bonds is 13. The molecule has 0 aromatic heterocycles. The van der Waals surface area contributed by atoms with Gasteiger partial charge < -0.3 is 19.5 Å². The molecule has 1 unspecified atom stereocenters. The van der Waals surface area contributed by atoms with Gasteiger partial charge in [-0.15, -0.1) is 0 Å². The third-order valence-corrected chi connectivity index (χ3v) is 4.58. The summed E-state index contributed by atoms with van der Waals surface area (Å²) in [6.45, 7) is 2.11. The Morgan fingerprint density at radius 2 is 1.62 bits per heavy atom. The first-order valence-corrected chi connectivity index (χ1v) is 8.97. The zero-order chi connectivity index (χ0) is 17.7. The summed E-state index contributed by atoms with van der Waals surface area (Å²) in [5, 5.41) is 3.10. The van der Waals surface area contributed by atoms with Gasteiger partial charge in [-0.1, -0.05) is 39.0 Å². The summed E-state index contributed by atoms with van der Waals surface area (Å²) < 4.78 is 16.2. The van der Waals surface area contributed by atoms with Gasteiger partial charge in [0, 0.05) is 52.1 Å². The van der Waals surface area contributed by atoms with Crippen LogP contribution in [0.5, 0.6) is 0 Å². The molecular formula is C19H34N2O3. The van der Waals surface area contributed by atoms with E-state index in [9.17, 15) is 0 Å². The molecule has 1 N–H and O–H groups in total. The number of methoxy groups -OCH3 is 3. The average molecular weight is 338 g/mol.